The van der Waals surface area contributed by atoms with Crippen LogP contribution in [0.5, 0.6) is 11.5 Å². The molecule has 0 N–H and O–H groups in total. The lowest BCUT2D eigenvalue weighted by Gasteiger charge is -2.20. The summed E-state index contributed by atoms with van der Waals surface area (Å²) in [5.74, 6) is 0.448. The van der Waals surface area contributed by atoms with Gasteiger partial charge < -0.3 is 9.78 Å². The molecule has 0 radical (unpaired) electrons. The molecule has 0 aliphatic rings. The van der Waals surface area contributed by atoms with Gasteiger partial charge in [0.15, 0.2) is 11.5 Å². The van der Waals surface area contributed by atoms with Crippen LogP contribution in [0.3, 0.4) is 0 Å². The molecule has 5 heteroatoms. The zero-order valence-corrected chi connectivity index (χ0v) is 16.2. The number of hydrogen-bond donors (Lipinski definition) is 0. The topological polar surface area (TPSA) is 54.0 Å². The van der Waals surface area contributed by atoms with Gasteiger partial charge in [-0.2, -0.15) is 9.78 Å². The average molecular weight is 358 g/mol. The van der Waals surface area contributed by atoms with Gasteiger partial charge in [0.1, 0.15) is 11.2 Å². The highest BCUT2D eigenvalue weighted by molar-refractivity contribution is 6.12. The highest BCUT2D eigenvalue weighted by atomic mass is 17.2. The van der Waals surface area contributed by atoms with Gasteiger partial charge in [0.2, 0.25) is 5.78 Å². The third kappa shape index (κ3) is 5.86. The summed E-state index contributed by atoms with van der Waals surface area (Å²) >= 11 is 0. The van der Waals surface area contributed by atoms with E-state index in [9.17, 15) is 4.79 Å². The minimum absolute atomic E-state index is 0.244. The van der Waals surface area contributed by atoms with E-state index in [1.165, 1.54) is 0 Å². The fourth-order valence-electron chi connectivity index (χ4n) is 1.94. The van der Waals surface area contributed by atoms with E-state index < -0.39 is 11.2 Å². The Morgan fingerprint density at radius 1 is 0.654 bits per heavy atom. The summed E-state index contributed by atoms with van der Waals surface area (Å²) in [5.41, 5.74) is -0.248. The van der Waals surface area contributed by atoms with Crippen LogP contribution < -0.4 is 9.78 Å². The molecule has 140 valence electrons. The molecule has 0 atom stereocenters. The Morgan fingerprint density at radius 2 is 1.00 bits per heavy atom. The Bertz CT molecular complexity index is 690. The van der Waals surface area contributed by atoms with E-state index in [0.717, 1.165) is 0 Å². The number of carbonyl (C=O) groups excluding carboxylic acids is 1. The standard InChI is InChI=1S/C21H26O5/c1-20(2,3)25-23-17-13-9-7-11-15(17)19(22)16-12-8-10-14-18(16)24-26-21(4,5)6/h7-14H,1-6H3. The molecule has 0 aliphatic heterocycles. The lowest BCUT2D eigenvalue weighted by Crippen LogP contribution is -2.22. The first kappa shape index (κ1) is 19.9. The van der Waals surface area contributed by atoms with E-state index in [0.29, 0.717) is 22.6 Å². The predicted molar refractivity (Wildman–Crippen MR) is 99.2 cm³/mol. The molecular weight excluding hydrogens is 332 g/mol. The second-order valence-corrected chi connectivity index (χ2v) is 7.88. The smallest absolute Gasteiger partial charge is 0.200 e. The summed E-state index contributed by atoms with van der Waals surface area (Å²) in [6, 6.07) is 13.9. The van der Waals surface area contributed by atoms with E-state index >= 15 is 0 Å². The van der Waals surface area contributed by atoms with Crippen LogP contribution in [-0.2, 0) is 9.78 Å². The van der Waals surface area contributed by atoms with Gasteiger partial charge in [-0.1, -0.05) is 24.3 Å². The van der Waals surface area contributed by atoms with Crippen molar-refractivity contribution < 1.29 is 24.3 Å². The maximum atomic E-state index is 13.1. The number of hydrogen-bond acceptors (Lipinski definition) is 5. The maximum absolute atomic E-state index is 13.1. The van der Waals surface area contributed by atoms with Gasteiger partial charge in [0.25, 0.3) is 0 Å². The Morgan fingerprint density at radius 3 is 1.35 bits per heavy atom. The predicted octanol–water partition coefficient (Wildman–Crippen LogP) is 5.14. The number of carbonyl (C=O) groups is 1. The van der Waals surface area contributed by atoms with Gasteiger partial charge in [-0.05, 0) is 65.8 Å². The molecule has 0 bridgehead atoms. The summed E-state index contributed by atoms with van der Waals surface area (Å²) in [4.78, 5) is 34.6. The molecule has 2 aromatic rings. The Kier molecular flexibility index (Phi) is 6.05. The lowest BCUT2D eigenvalue weighted by molar-refractivity contribution is -0.275. The molecule has 0 saturated carbocycles. The van der Waals surface area contributed by atoms with Gasteiger partial charge in [-0.3, -0.25) is 4.79 Å². The van der Waals surface area contributed by atoms with Crippen molar-refractivity contribution in [1.82, 2.24) is 0 Å². The zero-order valence-electron chi connectivity index (χ0n) is 16.2. The molecule has 26 heavy (non-hydrogen) atoms. The first-order chi connectivity index (χ1) is 12.1. The molecular formula is C21H26O5. The van der Waals surface area contributed by atoms with E-state index in [-0.39, 0.29) is 5.78 Å². The van der Waals surface area contributed by atoms with E-state index in [2.05, 4.69) is 0 Å². The van der Waals surface area contributed by atoms with Crippen molar-refractivity contribution in [2.45, 2.75) is 52.7 Å². The van der Waals surface area contributed by atoms with Crippen LogP contribution in [0.4, 0.5) is 0 Å². The van der Waals surface area contributed by atoms with E-state index in [1.807, 2.05) is 41.5 Å². The quantitative estimate of drug-likeness (QED) is 0.407. The molecule has 0 aromatic heterocycles. The van der Waals surface area contributed by atoms with Crippen LogP contribution in [0.2, 0.25) is 0 Å². The molecule has 0 fully saturated rings. The number of rotatable bonds is 6. The molecule has 0 spiro atoms. The molecule has 0 heterocycles. The molecule has 0 amide bonds. The lowest BCUT2D eigenvalue weighted by atomic mass is 10.0. The van der Waals surface area contributed by atoms with Crippen LogP contribution in [-0.4, -0.2) is 17.0 Å². The Labute approximate surface area is 154 Å². The third-order valence-electron chi connectivity index (χ3n) is 3.03. The summed E-state index contributed by atoms with van der Waals surface area (Å²) in [6.45, 7) is 11.2. The van der Waals surface area contributed by atoms with Gasteiger partial charge in [-0.25, -0.2) is 0 Å². The van der Waals surface area contributed by atoms with Crippen LogP contribution in [0, 0.1) is 0 Å². The van der Waals surface area contributed by atoms with Crippen LogP contribution in [0.15, 0.2) is 48.5 Å². The fraction of sp³-hybridized carbons (Fsp3) is 0.381. The molecule has 2 rings (SSSR count). The third-order valence-corrected chi connectivity index (χ3v) is 3.03. The largest absolute Gasteiger partial charge is 0.336 e. The van der Waals surface area contributed by atoms with Gasteiger partial charge in [0.05, 0.1) is 11.1 Å². The highest BCUT2D eigenvalue weighted by Gasteiger charge is 2.22. The normalized spacial score (nSPS) is 11.9. The maximum Gasteiger partial charge on any atom is 0.200 e. The first-order valence-electron chi connectivity index (χ1n) is 8.51. The summed E-state index contributed by atoms with van der Waals surface area (Å²) in [7, 11) is 0. The van der Waals surface area contributed by atoms with Crippen molar-refractivity contribution in [3.8, 4) is 11.5 Å². The highest BCUT2D eigenvalue weighted by Crippen LogP contribution is 2.28. The van der Waals surface area contributed by atoms with Gasteiger partial charge in [0, 0.05) is 0 Å². The molecule has 5 nitrogen and oxygen atoms in total. The second kappa shape index (κ2) is 7.89. The summed E-state index contributed by atoms with van der Waals surface area (Å²) in [5, 5.41) is 0. The van der Waals surface area contributed by atoms with Crippen molar-refractivity contribution in [2.24, 2.45) is 0 Å². The van der Waals surface area contributed by atoms with E-state index in [4.69, 9.17) is 19.6 Å². The molecule has 0 saturated heterocycles. The van der Waals surface area contributed by atoms with Crippen molar-refractivity contribution in [3.63, 3.8) is 0 Å². The molecule has 0 unspecified atom stereocenters. The first-order valence-corrected chi connectivity index (χ1v) is 8.51. The van der Waals surface area contributed by atoms with Gasteiger partial charge >= 0.3 is 0 Å². The average Bonchev–Trinajstić information content (AvgIpc) is 2.57. The number of ketones is 1. The fourth-order valence-corrected chi connectivity index (χ4v) is 1.94. The summed E-state index contributed by atoms with van der Waals surface area (Å²) in [6.07, 6.45) is 0. The molecule has 0 aliphatic carbocycles. The van der Waals surface area contributed by atoms with Crippen molar-refractivity contribution in [2.75, 3.05) is 0 Å². The van der Waals surface area contributed by atoms with Crippen molar-refractivity contribution in [1.29, 1.82) is 0 Å². The SMILES string of the molecule is CC(C)(C)OOc1ccccc1C(=O)c1ccccc1OOC(C)(C)C. The van der Waals surface area contributed by atoms with Crippen LogP contribution in [0.25, 0.3) is 0 Å². The Hall–Kier alpha value is -2.37. The van der Waals surface area contributed by atoms with Crippen LogP contribution in [0.1, 0.15) is 57.5 Å². The monoisotopic (exact) mass is 358 g/mol. The second-order valence-electron chi connectivity index (χ2n) is 7.88. The minimum atomic E-state index is -0.502. The summed E-state index contributed by atoms with van der Waals surface area (Å²) < 4.78 is 0. The Balaban J connectivity index is 2.30. The molecule has 2 aromatic carbocycles. The van der Waals surface area contributed by atoms with Crippen molar-refractivity contribution >= 4 is 5.78 Å². The van der Waals surface area contributed by atoms with Crippen molar-refractivity contribution in [3.05, 3.63) is 59.7 Å². The van der Waals surface area contributed by atoms with E-state index in [1.54, 1.807) is 48.5 Å². The minimum Gasteiger partial charge on any atom is -0.336 e. The number of benzene rings is 2. The van der Waals surface area contributed by atoms with Crippen LogP contribution >= 0.6 is 0 Å². The number of para-hydroxylation sites is 2. The zero-order chi connectivity index (χ0) is 19.4. The van der Waals surface area contributed by atoms with Gasteiger partial charge in [-0.15, -0.1) is 0 Å².